The van der Waals surface area contributed by atoms with Gasteiger partial charge in [-0.05, 0) is 40.2 Å². The number of benzene rings is 1. The Balaban J connectivity index is 2.59. The van der Waals surface area contributed by atoms with Crippen molar-refractivity contribution in [1.82, 2.24) is 10.2 Å². The van der Waals surface area contributed by atoms with Gasteiger partial charge in [0, 0.05) is 5.56 Å². The topological polar surface area (TPSA) is 28.7 Å². The van der Waals surface area contributed by atoms with Crippen LogP contribution in [0.1, 0.15) is 0 Å². The minimum atomic E-state index is -0.324. The molecule has 15 heavy (non-hydrogen) atoms. The predicted molar refractivity (Wildman–Crippen MR) is 62.5 cm³/mol. The highest BCUT2D eigenvalue weighted by atomic mass is 79.9. The van der Waals surface area contributed by atoms with Gasteiger partial charge in [0.05, 0.1) is 10.2 Å². The summed E-state index contributed by atoms with van der Waals surface area (Å²) in [6, 6.07) is 8.43. The third kappa shape index (κ3) is 2.13. The molecule has 0 radical (unpaired) electrons. The minimum absolute atomic E-state index is 0.324. The Kier molecular flexibility index (Phi) is 2.93. The quantitative estimate of drug-likeness (QED) is 0.809. The van der Waals surface area contributed by atoms with Crippen LogP contribution in [0.15, 0.2) is 34.8 Å². The van der Waals surface area contributed by atoms with Gasteiger partial charge >= 0.3 is 0 Å². The SMILES string of the molecule is Fc1c(Br)cccc1-c1ccc(=S)[nH]n1. The third-order valence-corrected chi connectivity index (χ3v) is 2.75. The van der Waals surface area contributed by atoms with Gasteiger partial charge in [-0.25, -0.2) is 4.39 Å². The number of aromatic nitrogens is 2. The van der Waals surface area contributed by atoms with Crippen LogP contribution in [0.2, 0.25) is 0 Å². The first kappa shape index (κ1) is 10.4. The van der Waals surface area contributed by atoms with Gasteiger partial charge in [0.15, 0.2) is 0 Å². The number of halogens is 2. The van der Waals surface area contributed by atoms with Crippen LogP contribution in [0, 0.1) is 10.5 Å². The van der Waals surface area contributed by atoms with E-state index in [1.807, 2.05) is 0 Å². The van der Waals surface area contributed by atoms with Gasteiger partial charge in [0.1, 0.15) is 10.5 Å². The number of nitrogens with zero attached hydrogens (tertiary/aromatic N) is 1. The van der Waals surface area contributed by atoms with E-state index in [0.717, 1.165) is 0 Å². The van der Waals surface area contributed by atoms with Crippen LogP contribution in [-0.4, -0.2) is 10.2 Å². The predicted octanol–water partition coefficient (Wildman–Crippen LogP) is 3.71. The molecular weight excluding hydrogens is 279 g/mol. The maximum absolute atomic E-state index is 13.7. The van der Waals surface area contributed by atoms with E-state index in [0.29, 0.717) is 20.4 Å². The van der Waals surface area contributed by atoms with Crippen molar-refractivity contribution in [3.63, 3.8) is 0 Å². The summed E-state index contributed by atoms with van der Waals surface area (Å²) in [6.07, 6.45) is 0. The molecule has 0 aliphatic rings. The van der Waals surface area contributed by atoms with Crippen molar-refractivity contribution in [2.75, 3.05) is 0 Å². The first-order valence-corrected chi connectivity index (χ1v) is 5.39. The summed E-state index contributed by atoms with van der Waals surface area (Å²) in [5.41, 5.74) is 0.970. The van der Waals surface area contributed by atoms with E-state index in [9.17, 15) is 4.39 Å². The first-order chi connectivity index (χ1) is 7.18. The van der Waals surface area contributed by atoms with Crippen molar-refractivity contribution < 1.29 is 4.39 Å². The second-order valence-corrected chi connectivity index (χ2v) is 4.20. The van der Waals surface area contributed by atoms with Crippen molar-refractivity contribution in [1.29, 1.82) is 0 Å². The fourth-order valence-corrected chi connectivity index (χ4v) is 1.68. The number of rotatable bonds is 1. The van der Waals surface area contributed by atoms with Crippen LogP contribution in [0.5, 0.6) is 0 Å². The highest BCUT2D eigenvalue weighted by molar-refractivity contribution is 9.10. The van der Waals surface area contributed by atoms with E-state index < -0.39 is 0 Å². The Labute approximate surface area is 99.3 Å². The normalized spacial score (nSPS) is 10.3. The molecule has 1 aromatic heterocycles. The summed E-state index contributed by atoms with van der Waals surface area (Å²) in [7, 11) is 0. The molecule has 0 spiro atoms. The second-order valence-electron chi connectivity index (χ2n) is 2.91. The largest absolute Gasteiger partial charge is 0.267 e. The average Bonchev–Trinajstić information content (AvgIpc) is 2.24. The lowest BCUT2D eigenvalue weighted by atomic mass is 10.1. The molecule has 0 aliphatic carbocycles. The monoisotopic (exact) mass is 284 g/mol. The maximum Gasteiger partial charge on any atom is 0.146 e. The van der Waals surface area contributed by atoms with Crippen molar-refractivity contribution in [2.24, 2.45) is 0 Å². The molecule has 0 fully saturated rings. The molecule has 2 aromatic rings. The van der Waals surface area contributed by atoms with Crippen LogP contribution in [0.4, 0.5) is 4.39 Å². The fraction of sp³-hybridized carbons (Fsp3) is 0. The van der Waals surface area contributed by atoms with E-state index in [2.05, 4.69) is 26.1 Å². The molecular formula is C10H6BrFN2S. The maximum atomic E-state index is 13.7. The van der Waals surface area contributed by atoms with E-state index >= 15 is 0 Å². The van der Waals surface area contributed by atoms with Gasteiger partial charge in [-0.2, -0.15) is 5.10 Å². The molecule has 76 valence electrons. The number of hydrogen-bond acceptors (Lipinski definition) is 2. The van der Waals surface area contributed by atoms with E-state index in [-0.39, 0.29) is 5.82 Å². The molecule has 0 saturated carbocycles. The molecule has 2 nitrogen and oxygen atoms in total. The average molecular weight is 285 g/mol. The highest BCUT2D eigenvalue weighted by Gasteiger charge is 2.08. The molecule has 2 rings (SSSR count). The van der Waals surface area contributed by atoms with Crippen LogP contribution < -0.4 is 0 Å². The molecule has 0 saturated heterocycles. The molecule has 1 aromatic carbocycles. The number of aromatic amines is 1. The number of hydrogen-bond donors (Lipinski definition) is 1. The molecule has 1 N–H and O–H groups in total. The van der Waals surface area contributed by atoms with Crippen LogP contribution >= 0.6 is 28.1 Å². The highest BCUT2D eigenvalue weighted by Crippen LogP contribution is 2.25. The lowest BCUT2D eigenvalue weighted by Gasteiger charge is -2.02. The zero-order valence-corrected chi connectivity index (χ0v) is 9.90. The summed E-state index contributed by atoms with van der Waals surface area (Å²) in [5.74, 6) is -0.324. The van der Waals surface area contributed by atoms with E-state index in [1.54, 1.807) is 30.3 Å². The number of nitrogens with one attached hydrogen (secondary N) is 1. The van der Waals surface area contributed by atoms with Gasteiger partial charge in [0.25, 0.3) is 0 Å². The first-order valence-electron chi connectivity index (χ1n) is 4.18. The Morgan fingerprint density at radius 1 is 1.27 bits per heavy atom. The van der Waals surface area contributed by atoms with E-state index in [4.69, 9.17) is 12.2 Å². The second kappa shape index (κ2) is 4.20. The molecule has 5 heteroatoms. The summed E-state index contributed by atoms with van der Waals surface area (Å²) < 4.78 is 14.6. The Morgan fingerprint density at radius 3 is 2.73 bits per heavy atom. The van der Waals surface area contributed by atoms with Gasteiger partial charge in [-0.1, -0.05) is 18.3 Å². The molecule has 1 heterocycles. The fourth-order valence-electron chi connectivity index (χ4n) is 1.20. The molecule has 0 unspecified atom stereocenters. The minimum Gasteiger partial charge on any atom is -0.267 e. The zero-order valence-electron chi connectivity index (χ0n) is 7.50. The van der Waals surface area contributed by atoms with Gasteiger partial charge in [-0.3, -0.25) is 5.10 Å². The Hall–Kier alpha value is -1.07. The third-order valence-electron chi connectivity index (χ3n) is 1.91. The summed E-state index contributed by atoms with van der Waals surface area (Å²) >= 11 is 7.98. The van der Waals surface area contributed by atoms with Gasteiger partial charge in [0.2, 0.25) is 0 Å². The molecule has 0 bridgehead atoms. The van der Waals surface area contributed by atoms with Crippen LogP contribution in [-0.2, 0) is 0 Å². The summed E-state index contributed by atoms with van der Waals surface area (Å²) in [5, 5.41) is 6.59. The Bertz CT molecular complexity index is 533. The van der Waals surface area contributed by atoms with Gasteiger partial charge < -0.3 is 0 Å². The Morgan fingerprint density at radius 2 is 2.07 bits per heavy atom. The lowest BCUT2D eigenvalue weighted by molar-refractivity contribution is 0.623. The number of H-pyrrole nitrogens is 1. The molecule has 0 atom stereocenters. The summed E-state index contributed by atoms with van der Waals surface area (Å²) in [4.78, 5) is 0. The smallest absolute Gasteiger partial charge is 0.146 e. The van der Waals surface area contributed by atoms with Crippen molar-refractivity contribution in [3.05, 3.63) is 45.3 Å². The van der Waals surface area contributed by atoms with Gasteiger partial charge in [-0.15, -0.1) is 0 Å². The summed E-state index contributed by atoms with van der Waals surface area (Å²) in [6.45, 7) is 0. The standard InChI is InChI=1S/C10H6BrFN2S/c11-7-3-1-2-6(10(7)12)8-4-5-9(15)14-13-8/h1-5H,(H,14,15). The van der Waals surface area contributed by atoms with Crippen LogP contribution in [0.3, 0.4) is 0 Å². The molecule has 0 amide bonds. The van der Waals surface area contributed by atoms with E-state index in [1.165, 1.54) is 0 Å². The van der Waals surface area contributed by atoms with Crippen molar-refractivity contribution in [2.45, 2.75) is 0 Å². The van der Waals surface area contributed by atoms with Crippen molar-refractivity contribution >= 4 is 28.1 Å². The molecule has 0 aliphatic heterocycles. The zero-order chi connectivity index (χ0) is 10.8. The van der Waals surface area contributed by atoms with Crippen molar-refractivity contribution in [3.8, 4) is 11.3 Å². The van der Waals surface area contributed by atoms with Crippen LogP contribution in [0.25, 0.3) is 11.3 Å². The lowest BCUT2D eigenvalue weighted by Crippen LogP contribution is -1.90.